The number of piperazine rings is 1. The predicted octanol–water partition coefficient (Wildman–Crippen LogP) is 3.57. The van der Waals surface area contributed by atoms with Crippen LogP contribution in [0.4, 0.5) is 10.5 Å². The van der Waals surface area contributed by atoms with Crippen molar-refractivity contribution in [2.45, 2.75) is 32.9 Å². The van der Waals surface area contributed by atoms with E-state index in [-0.39, 0.29) is 11.8 Å². The number of hydrogen-bond donors (Lipinski definition) is 2. The molecule has 8 nitrogen and oxygen atoms in total. The zero-order valence-electron chi connectivity index (χ0n) is 18.6. The molecule has 3 rings (SSSR count). The van der Waals surface area contributed by atoms with E-state index >= 15 is 0 Å². The van der Waals surface area contributed by atoms with Crippen LogP contribution in [-0.2, 0) is 11.3 Å². The molecule has 0 unspecified atom stereocenters. The van der Waals surface area contributed by atoms with E-state index in [4.69, 9.17) is 10.00 Å². The average molecular weight is 437 g/mol. The lowest BCUT2D eigenvalue weighted by molar-refractivity contribution is 0.0138. The first kappa shape index (κ1) is 23.1. The average Bonchev–Trinajstić information content (AvgIpc) is 2.76. The van der Waals surface area contributed by atoms with E-state index in [9.17, 15) is 14.7 Å². The molecule has 0 aliphatic carbocycles. The standard InChI is InChI=1S/C24H28N4O4/c1-24(2,3)32-23(31)28-12-10-27(11-13-28)16-19-8-5-9-20(21(19)29)26-22(30)18-7-4-6-17(14-18)15-25/h4-9,14,29H,10-13,16H2,1-3H3,(H,26,30). The molecular weight excluding hydrogens is 408 g/mol. The second kappa shape index (κ2) is 9.71. The van der Waals surface area contributed by atoms with E-state index < -0.39 is 11.5 Å². The molecular formula is C24H28N4O4. The molecule has 2 N–H and O–H groups in total. The van der Waals surface area contributed by atoms with Gasteiger partial charge >= 0.3 is 6.09 Å². The lowest BCUT2D eigenvalue weighted by atomic mass is 10.1. The van der Waals surface area contributed by atoms with Crippen LogP contribution in [0.5, 0.6) is 5.75 Å². The molecule has 8 heteroatoms. The zero-order valence-corrected chi connectivity index (χ0v) is 18.6. The number of phenolic OH excluding ortho intramolecular Hbond substituents is 1. The fourth-order valence-corrected chi connectivity index (χ4v) is 3.40. The number of ether oxygens (including phenoxy) is 1. The third-order valence-electron chi connectivity index (χ3n) is 5.04. The summed E-state index contributed by atoms with van der Waals surface area (Å²) in [7, 11) is 0. The molecule has 1 aliphatic rings. The Bertz CT molecular complexity index is 1030. The van der Waals surface area contributed by atoms with Crippen molar-refractivity contribution in [3.63, 3.8) is 0 Å². The lowest BCUT2D eigenvalue weighted by Crippen LogP contribution is -2.49. The van der Waals surface area contributed by atoms with Gasteiger partial charge in [0.1, 0.15) is 11.4 Å². The number of rotatable bonds is 4. The maximum Gasteiger partial charge on any atom is 0.410 e. The molecule has 1 fully saturated rings. The summed E-state index contributed by atoms with van der Waals surface area (Å²) < 4.78 is 5.42. The van der Waals surface area contributed by atoms with Crippen LogP contribution in [-0.4, -0.2) is 58.7 Å². The van der Waals surface area contributed by atoms with Crippen molar-refractivity contribution in [2.75, 3.05) is 31.5 Å². The highest BCUT2D eigenvalue weighted by Crippen LogP contribution is 2.29. The Labute approximate surface area is 188 Å². The van der Waals surface area contributed by atoms with Gasteiger partial charge in [-0.25, -0.2) is 4.79 Å². The first-order valence-electron chi connectivity index (χ1n) is 10.5. The summed E-state index contributed by atoms with van der Waals surface area (Å²) in [5.41, 5.74) is 1.19. The largest absolute Gasteiger partial charge is 0.505 e. The zero-order chi connectivity index (χ0) is 23.3. The highest BCUT2D eigenvalue weighted by molar-refractivity contribution is 6.05. The molecule has 2 aromatic rings. The molecule has 1 aliphatic heterocycles. The molecule has 0 aromatic heterocycles. The van der Waals surface area contributed by atoms with Gasteiger partial charge in [0.15, 0.2) is 0 Å². The number of nitriles is 1. The van der Waals surface area contributed by atoms with Crippen molar-refractivity contribution in [3.05, 3.63) is 59.2 Å². The fourth-order valence-electron chi connectivity index (χ4n) is 3.40. The fraction of sp³-hybridized carbons (Fsp3) is 0.375. The van der Waals surface area contributed by atoms with Crippen LogP contribution in [0.25, 0.3) is 0 Å². The summed E-state index contributed by atoms with van der Waals surface area (Å²) in [4.78, 5) is 28.6. The first-order valence-corrected chi connectivity index (χ1v) is 10.5. The number of nitrogens with zero attached hydrogens (tertiary/aromatic N) is 3. The minimum atomic E-state index is -0.527. The smallest absolute Gasteiger partial charge is 0.410 e. The summed E-state index contributed by atoms with van der Waals surface area (Å²) in [6, 6.07) is 13.6. The monoisotopic (exact) mass is 436 g/mol. The van der Waals surface area contributed by atoms with Crippen LogP contribution < -0.4 is 5.32 Å². The third kappa shape index (κ3) is 5.99. The maximum absolute atomic E-state index is 12.5. The van der Waals surface area contributed by atoms with Crippen molar-refractivity contribution in [3.8, 4) is 11.8 Å². The quantitative estimate of drug-likeness (QED) is 0.710. The number of aromatic hydroxyl groups is 1. The molecule has 1 heterocycles. The molecule has 168 valence electrons. The highest BCUT2D eigenvalue weighted by atomic mass is 16.6. The van der Waals surface area contributed by atoms with E-state index in [2.05, 4.69) is 10.2 Å². The number of hydrogen-bond acceptors (Lipinski definition) is 6. The van der Waals surface area contributed by atoms with Gasteiger partial charge in [0, 0.05) is 43.9 Å². The predicted molar refractivity (Wildman–Crippen MR) is 120 cm³/mol. The molecule has 0 saturated carbocycles. The van der Waals surface area contributed by atoms with Gasteiger partial charge in [0.2, 0.25) is 0 Å². The van der Waals surface area contributed by atoms with E-state index in [0.29, 0.717) is 55.1 Å². The normalized spacial score (nSPS) is 14.5. The Morgan fingerprint density at radius 2 is 1.81 bits per heavy atom. The van der Waals surface area contributed by atoms with E-state index in [0.717, 1.165) is 0 Å². The SMILES string of the molecule is CC(C)(C)OC(=O)N1CCN(Cc2cccc(NC(=O)c3cccc(C#N)c3)c2O)CC1. The maximum atomic E-state index is 12.5. The summed E-state index contributed by atoms with van der Waals surface area (Å²) in [6.45, 7) is 8.40. The van der Waals surface area contributed by atoms with Gasteiger partial charge in [0.05, 0.1) is 17.3 Å². The third-order valence-corrected chi connectivity index (χ3v) is 5.04. The second-order valence-electron chi connectivity index (χ2n) is 8.70. The van der Waals surface area contributed by atoms with E-state index in [1.165, 1.54) is 6.07 Å². The molecule has 1 saturated heterocycles. The Balaban J connectivity index is 1.61. The number of para-hydroxylation sites is 1. The number of carbonyl (C=O) groups excluding carboxylic acids is 2. The van der Waals surface area contributed by atoms with Crippen LogP contribution in [0.2, 0.25) is 0 Å². The Morgan fingerprint density at radius 3 is 2.47 bits per heavy atom. The van der Waals surface area contributed by atoms with Crippen LogP contribution >= 0.6 is 0 Å². The number of nitrogens with one attached hydrogen (secondary N) is 1. The van der Waals surface area contributed by atoms with Gasteiger partial charge in [-0.15, -0.1) is 0 Å². The second-order valence-corrected chi connectivity index (χ2v) is 8.70. The summed E-state index contributed by atoms with van der Waals surface area (Å²) >= 11 is 0. The van der Waals surface area contributed by atoms with Crippen molar-refractivity contribution in [1.82, 2.24) is 9.80 Å². The van der Waals surface area contributed by atoms with Gasteiger partial charge < -0.3 is 20.1 Å². The summed E-state index contributed by atoms with van der Waals surface area (Å²) in [6.07, 6.45) is -0.315. The molecule has 0 atom stereocenters. The number of benzene rings is 2. The van der Waals surface area contributed by atoms with Crippen LogP contribution in [0.3, 0.4) is 0 Å². The van der Waals surface area contributed by atoms with Crippen molar-refractivity contribution in [1.29, 1.82) is 5.26 Å². The summed E-state index contributed by atoms with van der Waals surface area (Å²) in [5, 5.41) is 22.4. The number of carbonyl (C=O) groups is 2. The number of phenols is 1. The summed E-state index contributed by atoms with van der Waals surface area (Å²) in [5.74, 6) is -0.396. The van der Waals surface area contributed by atoms with E-state index in [1.807, 2.05) is 32.9 Å². The molecule has 0 radical (unpaired) electrons. The Kier molecular flexibility index (Phi) is 7.01. The van der Waals surface area contributed by atoms with Gasteiger partial charge in [-0.3, -0.25) is 9.69 Å². The number of amides is 2. The van der Waals surface area contributed by atoms with E-state index in [1.54, 1.807) is 35.2 Å². The molecule has 0 spiro atoms. The van der Waals surface area contributed by atoms with Gasteiger partial charge in [-0.2, -0.15) is 5.26 Å². The van der Waals surface area contributed by atoms with Crippen LogP contribution in [0.15, 0.2) is 42.5 Å². The first-order chi connectivity index (χ1) is 15.2. The molecule has 0 bridgehead atoms. The Hall–Kier alpha value is -3.57. The minimum absolute atomic E-state index is 0.00635. The topological polar surface area (TPSA) is 106 Å². The molecule has 32 heavy (non-hydrogen) atoms. The van der Waals surface area contributed by atoms with Crippen molar-refractivity contribution >= 4 is 17.7 Å². The molecule has 2 amide bonds. The van der Waals surface area contributed by atoms with Crippen LogP contribution in [0.1, 0.15) is 42.3 Å². The van der Waals surface area contributed by atoms with Crippen molar-refractivity contribution in [2.24, 2.45) is 0 Å². The lowest BCUT2D eigenvalue weighted by Gasteiger charge is -2.35. The number of anilines is 1. The highest BCUT2D eigenvalue weighted by Gasteiger charge is 2.26. The van der Waals surface area contributed by atoms with Gasteiger partial charge in [-0.05, 0) is 45.0 Å². The molecule has 2 aromatic carbocycles. The van der Waals surface area contributed by atoms with Gasteiger partial charge in [0.25, 0.3) is 5.91 Å². The minimum Gasteiger partial charge on any atom is -0.505 e. The van der Waals surface area contributed by atoms with Gasteiger partial charge in [-0.1, -0.05) is 18.2 Å². The van der Waals surface area contributed by atoms with Crippen LogP contribution in [0, 0.1) is 11.3 Å². The Morgan fingerprint density at radius 1 is 1.12 bits per heavy atom. The van der Waals surface area contributed by atoms with Crippen molar-refractivity contribution < 1.29 is 19.4 Å².